The summed E-state index contributed by atoms with van der Waals surface area (Å²) in [6.45, 7) is 11.3. The fraction of sp³-hybridized carbons (Fsp3) is 0.545. The normalized spacial score (nSPS) is 18.8. The smallest absolute Gasteiger partial charge is 0.277 e. The Balaban J connectivity index is 1.92. The summed E-state index contributed by atoms with van der Waals surface area (Å²) in [5.41, 5.74) is 3.19. The Morgan fingerprint density at radius 2 is 1.56 bits per heavy atom. The van der Waals surface area contributed by atoms with E-state index < -0.39 is 0 Å². The summed E-state index contributed by atoms with van der Waals surface area (Å²) in [6.07, 6.45) is 2.97. The van der Waals surface area contributed by atoms with Gasteiger partial charge in [-0.15, -0.1) is 0 Å². The molecule has 0 unspecified atom stereocenters. The summed E-state index contributed by atoms with van der Waals surface area (Å²) in [5, 5.41) is 0. The Morgan fingerprint density at radius 3 is 2.15 bits per heavy atom. The number of piperazine rings is 1. The summed E-state index contributed by atoms with van der Waals surface area (Å²) in [4.78, 5) is 32.4. The van der Waals surface area contributed by atoms with Crippen LogP contribution < -0.4 is 0 Å². The number of imide groups is 1. The number of hydrogen-bond acceptors (Lipinski definition) is 4. The maximum atomic E-state index is 13.2. The van der Waals surface area contributed by atoms with E-state index in [9.17, 15) is 9.59 Å². The SMILES string of the molecule is CCCCCN1C(=O)C(c2ccc(C)cc2)=C(N2CCN(CC)CC2)C1=O. The largest absolute Gasteiger partial charge is 0.364 e. The number of unbranched alkanes of at least 4 members (excludes halogenated alkanes) is 2. The average Bonchev–Trinajstić information content (AvgIpc) is 2.93. The molecule has 0 atom stereocenters. The van der Waals surface area contributed by atoms with Gasteiger partial charge in [-0.3, -0.25) is 14.5 Å². The number of nitrogens with zero attached hydrogens (tertiary/aromatic N) is 3. The molecule has 5 heteroatoms. The van der Waals surface area contributed by atoms with E-state index in [0.29, 0.717) is 17.8 Å². The molecule has 0 N–H and O–H groups in total. The maximum Gasteiger partial charge on any atom is 0.277 e. The predicted molar refractivity (Wildman–Crippen MR) is 108 cm³/mol. The lowest BCUT2D eigenvalue weighted by molar-refractivity contribution is -0.137. The Hall–Kier alpha value is -2.14. The van der Waals surface area contributed by atoms with Gasteiger partial charge in [-0.2, -0.15) is 0 Å². The number of likely N-dealkylation sites (N-methyl/N-ethyl adjacent to an activating group) is 1. The minimum absolute atomic E-state index is 0.114. The zero-order chi connectivity index (χ0) is 19.4. The van der Waals surface area contributed by atoms with Gasteiger partial charge in [-0.05, 0) is 25.5 Å². The number of carbonyl (C=O) groups is 2. The quantitative estimate of drug-likeness (QED) is 0.548. The molecule has 1 saturated heterocycles. The molecule has 2 aliphatic heterocycles. The third-order valence-corrected chi connectivity index (χ3v) is 5.60. The number of aryl methyl sites for hydroxylation is 1. The van der Waals surface area contributed by atoms with Gasteiger partial charge in [0.05, 0.1) is 5.57 Å². The predicted octanol–water partition coefficient (Wildman–Crippen LogP) is 2.90. The van der Waals surface area contributed by atoms with Crippen LogP contribution in [0, 0.1) is 6.92 Å². The third kappa shape index (κ3) is 4.08. The zero-order valence-electron chi connectivity index (χ0n) is 16.8. The molecule has 5 nitrogen and oxygen atoms in total. The highest BCUT2D eigenvalue weighted by molar-refractivity contribution is 6.35. The van der Waals surface area contributed by atoms with Crippen molar-refractivity contribution in [2.24, 2.45) is 0 Å². The van der Waals surface area contributed by atoms with Crippen molar-refractivity contribution < 1.29 is 9.59 Å². The number of amides is 2. The second-order valence-electron chi connectivity index (χ2n) is 7.48. The molecule has 0 bridgehead atoms. The van der Waals surface area contributed by atoms with Gasteiger partial charge in [0.25, 0.3) is 11.8 Å². The topological polar surface area (TPSA) is 43.9 Å². The molecule has 0 spiro atoms. The molecule has 1 aromatic carbocycles. The highest BCUT2D eigenvalue weighted by Gasteiger charge is 2.41. The number of carbonyl (C=O) groups excluding carboxylic acids is 2. The van der Waals surface area contributed by atoms with Gasteiger partial charge in [-0.25, -0.2) is 0 Å². The fourth-order valence-corrected chi connectivity index (χ4v) is 3.85. The van der Waals surface area contributed by atoms with Gasteiger partial charge in [0, 0.05) is 32.7 Å². The van der Waals surface area contributed by atoms with E-state index in [1.54, 1.807) is 0 Å². The first-order valence-electron chi connectivity index (χ1n) is 10.2. The number of benzene rings is 1. The van der Waals surface area contributed by atoms with Crippen molar-refractivity contribution in [3.8, 4) is 0 Å². The standard InChI is InChI=1S/C22H31N3O2/c1-4-6-7-12-25-21(26)19(18-10-8-17(3)9-11-18)20(22(25)27)24-15-13-23(5-2)14-16-24/h8-11H,4-7,12-16H2,1-3H3. The van der Waals surface area contributed by atoms with Gasteiger partial charge in [0.1, 0.15) is 5.70 Å². The molecule has 0 aliphatic carbocycles. The lowest BCUT2D eigenvalue weighted by Crippen LogP contribution is -2.47. The highest BCUT2D eigenvalue weighted by Crippen LogP contribution is 2.32. The minimum atomic E-state index is -0.132. The molecule has 146 valence electrons. The fourth-order valence-electron chi connectivity index (χ4n) is 3.85. The van der Waals surface area contributed by atoms with Crippen LogP contribution in [0.4, 0.5) is 0 Å². The molecular formula is C22H31N3O2. The van der Waals surface area contributed by atoms with Gasteiger partial charge >= 0.3 is 0 Å². The van der Waals surface area contributed by atoms with E-state index in [-0.39, 0.29) is 11.8 Å². The van der Waals surface area contributed by atoms with Crippen molar-refractivity contribution in [1.82, 2.24) is 14.7 Å². The van der Waals surface area contributed by atoms with Gasteiger partial charge in [-0.1, -0.05) is 56.5 Å². The molecule has 2 amide bonds. The van der Waals surface area contributed by atoms with Crippen LogP contribution in [0.15, 0.2) is 30.0 Å². The summed E-state index contributed by atoms with van der Waals surface area (Å²) in [6, 6.07) is 7.94. The van der Waals surface area contributed by atoms with Crippen molar-refractivity contribution in [1.29, 1.82) is 0 Å². The summed E-state index contributed by atoms with van der Waals surface area (Å²) >= 11 is 0. The van der Waals surface area contributed by atoms with Crippen LogP contribution in [0.5, 0.6) is 0 Å². The van der Waals surface area contributed by atoms with Crippen molar-refractivity contribution >= 4 is 17.4 Å². The van der Waals surface area contributed by atoms with E-state index in [1.807, 2.05) is 31.2 Å². The Kier molecular flexibility index (Phi) is 6.32. The Bertz CT molecular complexity index is 716. The molecule has 2 heterocycles. The van der Waals surface area contributed by atoms with Crippen LogP contribution in [0.2, 0.25) is 0 Å². The van der Waals surface area contributed by atoms with Crippen molar-refractivity contribution in [3.63, 3.8) is 0 Å². The molecule has 1 aromatic rings. The molecule has 1 fully saturated rings. The number of rotatable bonds is 7. The Morgan fingerprint density at radius 1 is 0.889 bits per heavy atom. The van der Waals surface area contributed by atoms with Crippen LogP contribution in [0.25, 0.3) is 5.57 Å². The molecule has 0 aromatic heterocycles. The zero-order valence-corrected chi connectivity index (χ0v) is 16.8. The lowest BCUT2D eigenvalue weighted by Gasteiger charge is -2.36. The first kappa shape index (κ1) is 19.6. The molecular weight excluding hydrogens is 338 g/mol. The van der Waals surface area contributed by atoms with E-state index in [0.717, 1.165) is 63.1 Å². The van der Waals surface area contributed by atoms with E-state index in [1.165, 1.54) is 4.90 Å². The second kappa shape index (κ2) is 8.70. The van der Waals surface area contributed by atoms with Gasteiger partial charge < -0.3 is 9.80 Å². The molecule has 2 aliphatic rings. The van der Waals surface area contributed by atoms with Crippen LogP contribution in [0.3, 0.4) is 0 Å². The van der Waals surface area contributed by atoms with E-state index in [2.05, 4.69) is 23.6 Å². The van der Waals surface area contributed by atoms with Crippen LogP contribution >= 0.6 is 0 Å². The van der Waals surface area contributed by atoms with Crippen LogP contribution in [-0.4, -0.2) is 65.8 Å². The lowest BCUT2D eigenvalue weighted by atomic mass is 10.0. The monoisotopic (exact) mass is 369 g/mol. The van der Waals surface area contributed by atoms with Crippen molar-refractivity contribution in [2.45, 2.75) is 40.0 Å². The van der Waals surface area contributed by atoms with Gasteiger partial charge in [0.15, 0.2) is 0 Å². The first-order chi connectivity index (χ1) is 13.1. The summed E-state index contributed by atoms with van der Waals surface area (Å²) in [7, 11) is 0. The van der Waals surface area contributed by atoms with Gasteiger partial charge in [0.2, 0.25) is 0 Å². The molecule has 0 radical (unpaired) electrons. The third-order valence-electron chi connectivity index (χ3n) is 5.60. The minimum Gasteiger partial charge on any atom is -0.364 e. The average molecular weight is 370 g/mol. The summed E-state index contributed by atoms with van der Waals surface area (Å²) in [5.74, 6) is -0.246. The van der Waals surface area contributed by atoms with Crippen molar-refractivity contribution in [2.75, 3.05) is 39.3 Å². The second-order valence-corrected chi connectivity index (χ2v) is 7.48. The maximum absolute atomic E-state index is 13.2. The van der Waals surface area contributed by atoms with Crippen LogP contribution in [-0.2, 0) is 9.59 Å². The highest BCUT2D eigenvalue weighted by atomic mass is 16.2. The molecule has 0 saturated carbocycles. The molecule has 3 rings (SSSR count). The van der Waals surface area contributed by atoms with E-state index >= 15 is 0 Å². The van der Waals surface area contributed by atoms with Crippen LogP contribution in [0.1, 0.15) is 44.2 Å². The van der Waals surface area contributed by atoms with E-state index in [4.69, 9.17) is 0 Å². The summed E-state index contributed by atoms with van der Waals surface area (Å²) < 4.78 is 0. The first-order valence-corrected chi connectivity index (χ1v) is 10.2. The Labute approximate surface area is 162 Å². The number of hydrogen-bond donors (Lipinski definition) is 0. The van der Waals surface area contributed by atoms with Crippen molar-refractivity contribution in [3.05, 3.63) is 41.1 Å². The molecule has 27 heavy (non-hydrogen) atoms.